The molecule has 2 N–H and O–H groups in total. The molecule has 24 heavy (non-hydrogen) atoms. The number of halogens is 1. The van der Waals surface area contributed by atoms with E-state index in [0.717, 1.165) is 29.1 Å². The highest BCUT2D eigenvalue weighted by Gasteiger charge is 2.28. The van der Waals surface area contributed by atoms with E-state index in [-0.39, 0.29) is 11.6 Å². The fourth-order valence-electron chi connectivity index (χ4n) is 2.48. The second-order valence-electron chi connectivity index (χ2n) is 6.39. The number of benzene rings is 1. The van der Waals surface area contributed by atoms with Crippen LogP contribution in [0.2, 0.25) is 0 Å². The molecule has 1 aliphatic rings. The third kappa shape index (κ3) is 4.22. The van der Waals surface area contributed by atoms with Gasteiger partial charge in [0.2, 0.25) is 0 Å². The summed E-state index contributed by atoms with van der Waals surface area (Å²) in [5.41, 5.74) is 5.12. The van der Waals surface area contributed by atoms with Gasteiger partial charge in [-0.25, -0.2) is 0 Å². The van der Waals surface area contributed by atoms with E-state index in [4.69, 9.17) is 21.1 Å². The van der Waals surface area contributed by atoms with Gasteiger partial charge in [0.1, 0.15) is 17.7 Å². The van der Waals surface area contributed by atoms with Gasteiger partial charge in [-0.2, -0.15) is 5.10 Å². The van der Waals surface area contributed by atoms with Gasteiger partial charge in [-0.05, 0) is 29.6 Å². The predicted octanol–water partition coefficient (Wildman–Crippen LogP) is 3.64. The topological polar surface area (TPSA) is 54.9 Å². The standard InChI is InChI=1S/C18H26ClN3O2/c1-6-18(2,3)14-10-16(21-22-17(14)19)20-11-12-7-8-13(23-4)9-15(12)24-5/h7-10,16,20-21H,6,11H2,1-5H3. The van der Waals surface area contributed by atoms with Crippen molar-refractivity contribution in [1.82, 2.24) is 10.7 Å². The van der Waals surface area contributed by atoms with Gasteiger partial charge >= 0.3 is 0 Å². The molecule has 132 valence electrons. The summed E-state index contributed by atoms with van der Waals surface area (Å²) in [6.07, 6.45) is 3.01. The van der Waals surface area contributed by atoms with Gasteiger partial charge in [-0.3, -0.25) is 10.7 Å². The number of nitrogens with one attached hydrogen (secondary N) is 2. The molecule has 2 rings (SSSR count). The number of rotatable bonds is 7. The van der Waals surface area contributed by atoms with Crippen molar-refractivity contribution in [2.75, 3.05) is 14.2 Å². The molecule has 1 aliphatic heterocycles. The van der Waals surface area contributed by atoms with Crippen LogP contribution in [0, 0.1) is 5.41 Å². The number of nitrogens with zero attached hydrogens (tertiary/aromatic N) is 1. The predicted molar refractivity (Wildman–Crippen MR) is 98.8 cm³/mol. The van der Waals surface area contributed by atoms with E-state index in [1.165, 1.54) is 0 Å². The van der Waals surface area contributed by atoms with E-state index >= 15 is 0 Å². The minimum atomic E-state index is -0.0832. The molecule has 0 aromatic heterocycles. The van der Waals surface area contributed by atoms with Crippen molar-refractivity contribution < 1.29 is 9.47 Å². The molecule has 0 radical (unpaired) electrons. The molecule has 1 aromatic rings. The van der Waals surface area contributed by atoms with Gasteiger partial charge in [0.05, 0.1) is 14.2 Å². The van der Waals surface area contributed by atoms with E-state index in [1.54, 1.807) is 14.2 Å². The normalized spacial score (nSPS) is 17.7. The summed E-state index contributed by atoms with van der Waals surface area (Å²) in [6.45, 7) is 7.13. The largest absolute Gasteiger partial charge is 0.497 e. The Balaban J connectivity index is 2.10. The quantitative estimate of drug-likeness (QED) is 0.787. The lowest BCUT2D eigenvalue weighted by molar-refractivity contribution is 0.387. The third-order valence-electron chi connectivity index (χ3n) is 4.48. The van der Waals surface area contributed by atoms with Gasteiger partial charge < -0.3 is 9.47 Å². The molecule has 0 aliphatic carbocycles. The summed E-state index contributed by atoms with van der Waals surface area (Å²) in [4.78, 5) is 0. The molecule has 1 atom stereocenters. The molecule has 0 fully saturated rings. The van der Waals surface area contributed by atoms with Crippen LogP contribution < -0.4 is 20.2 Å². The zero-order valence-corrected chi connectivity index (χ0v) is 15.7. The lowest BCUT2D eigenvalue weighted by atomic mass is 9.81. The Morgan fingerprint density at radius 3 is 2.67 bits per heavy atom. The molecule has 0 saturated heterocycles. The van der Waals surface area contributed by atoms with Crippen molar-refractivity contribution >= 4 is 16.8 Å². The number of hydrogen-bond donors (Lipinski definition) is 2. The van der Waals surface area contributed by atoms with Crippen LogP contribution in [0.25, 0.3) is 0 Å². The van der Waals surface area contributed by atoms with Crippen LogP contribution in [0.3, 0.4) is 0 Å². The van der Waals surface area contributed by atoms with Gasteiger partial charge in [0, 0.05) is 18.2 Å². The van der Waals surface area contributed by atoms with Crippen LogP contribution in [0.5, 0.6) is 11.5 Å². The number of methoxy groups -OCH3 is 2. The fourth-order valence-corrected chi connectivity index (χ4v) is 2.84. The molecule has 0 amide bonds. The van der Waals surface area contributed by atoms with Gasteiger partial charge in [0.15, 0.2) is 5.17 Å². The molecule has 0 bridgehead atoms. The lowest BCUT2D eigenvalue weighted by Crippen LogP contribution is -2.42. The van der Waals surface area contributed by atoms with Crippen LogP contribution >= 0.6 is 11.6 Å². The van der Waals surface area contributed by atoms with Gasteiger partial charge in [0.25, 0.3) is 0 Å². The minimum Gasteiger partial charge on any atom is -0.497 e. The van der Waals surface area contributed by atoms with E-state index in [0.29, 0.717) is 11.7 Å². The molecule has 1 heterocycles. The first kappa shape index (κ1) is 18.6. The van der Waals surface area contributed by atoms with Crippen LogP contribution in [-0.2, 0) is 6.54 Å². The van der Waals surface area contributed by atoms with E-state index < -0.39 is 0 Å². The molecule has 0 saturated carbocycles. The molecule has 0 spiro atoms. The van der Waals surface area contributed by atoms with Crippen LogP contribution in [0.15, 0.2) is 34.9 Å². The summed E-state index contributed by atoms with van der Waals surface area (Å²) < 4.78 is 10.7. The summed E-state index contributed by atoms with van der Waals surface area (Å²) >= 11 is 6.27. The van der Waals surface area contributed by atoms with Crippen molar-refractivity contribution in [2.24, 2.45) is 10.5 Å². The molecular formula is C18H26ClN3O2. The summed E-state index contributed by atoms with van der Waals surface area (Å²) in [6, 6.07) is 5.79. The molecule has 6 heteroatoms. The van der Waals surface area contributed by atoms with Crippen LogP contribution in [-0.4, -0.2) is 25.6 Å². The number of ether oxygens (including phenoxy) is 2. The van der Waals surface area contributed by atoms with Crippen molar-refractivity contribution in [3.8, 4) is 11.5 Å². The highest BCUT2D eigenvalue weighted by Crippen LogP contribution is 2.33. The molecule has 1 aromatic carbocycles. The van der Waals surface area contributed by atoms with Gasteiger partial charge in [-0.15, -0.1) is 0 Å². The molecule has 1 unspecified atom stereocenters. The average molecular weight is 352 g/mol. The van der Waals surface area contributed by atoms with Crippen molar-refractivity contribution in [1.29, 1.82) is 0 Å². The third-order valence-corrected chi connectivity index (χ3v) is 4.77. The van der Waals surface area contributed by atoms with Crippen molar-refractivity contribution in [2.45, 2.75) is 39.9 Å². The second kappa shape index (κ2) is 7.90. The fraction of sp³-hybridized carbons (Fsp3) is 0.500. The first-order chi connectivity index (χ1) is 11.4. The first-order valence-electron chi connectivity index (χ1n) is 8.07. The maximum atomic E-state index is 6.27. The Kier molecular flexibility index (Phi) is 6.13. The SMILES string of the molecule is CCC(C)(C)C1=CC(NCc2ccc(OC)cc2OC)NN=C1Cl. The maximum absolute atomic E-state index is 6.27. The highest BCUT2D eigenvalue weighted by atomic mass is 35.5. The zero-order chi connectivity index (χ0) is 17.7. The monoisotopic (exact) mass is 351 g/mol. The average Bonchev–Trinajstić information content (AvgIpc) is 2.60. The van der Waals surface area contributed by atoms with Crippen LogP contribution in [0.1, 0.15) is 32.8 Å². The van der Waals surface area contributed by atoms with E-state index in [2.05, 4.69) is 42.7 Å². The first-order valence-corrected chi connectivity index (χ1v) is 8.44. The van der Waals surface area contributed by atoms with E-state index in [1.807, 2.05) is 18.2 Å². The van der Waals surface area contributed by atoms with E-state index in [9.17, 15) is 0 Å². The van der Waals surface area contributed by atoms with Crippen molar-refractivity contribution in [3.63, 3.8) is 0 Å². The number of hydrazone groups is 1. The Hall–Kier alpha value is -1.72. The molecular weight excluding hydrogens is 326 g/mol. The summed E-state index contributed by atoms with van der Waals surface area (Å²) in [7, 11) is 3.30. The van der Waals surface area contributed by atoms with Crippen molar-refractivity contribution in [3.05, 3.63) is 35.4 Å². The number of allylic oxidation sites excluding steroid dienone is 1. The van der Waals surface area contributed by atoms with Gasteiger partial charge in [-0.1, -0.05) is 38.4 Å². The maximum Gasteiger partial charge on any atom is 0.152 e. The second-order valence-corrected chi connectivity index (χ2v) is 6.74. The van der Waals surface area contributed by atoms with Crippen LogP contribution in [0.4, 0.5) is 0 Å². The Morgan fingerprint density at radius 1 is 1.29 bits per heavy atom. The number of hydrogen-bond acceptors (Lipinski definition) is 5. The lowest BCUT2D eigenvalue weighted by Gasteiger charge is -2.30. The Labute approximate surface area is 149 Å². The minimum absolute atomic E-state index is 0.0135. The molecule has 5 nitrogen and oxygen atoms in total. The Morgan fingerprint density at radius 2 is 2.04 bits per heavy atom. The highest BCUT2D eigenvalue weighted by molar-refractivity contribution is 6.69. The smallest absolute Gasteiger partial charge is 0.152 e. The Bertz CT molecular complexity index is 641. The summed E-state index contributed by atoms with van der Waals surface area (Å²) in [5.74, 6) is 1.56. The summed E-state index contributed by atoms with van der Waals surface area (Å²) in [5, 5.41) is 8.19. The zero-order valence-electron chi connectivity index (χ0n) is 14.9.